The van der Waals surface area contributed by atoms with E-state index < -0.39 is 7.82 Å². The Hall–Kier alpha value is 1.68. The summed E-state index contributed by atoms with van der Waals surface area (Å²) < 4.78 is 18.0. The van der Waals surface area contributed by atoms with Gasteiger partial charge in [0.1, 0.15) is 0 Å². The summed E-state index contributed by atoms with van der Waals surface area (Å²) in [4.78, 5) is 8.24. The van der Waals surface area contributed by atoms with Gasteiger partial charge in [-0.05, 0) is 0 Å². The smallest absolute Gasteiger partial charge is 1.00 e. The normalized spacial score (nSPS) is 10.4. The van der Waals surface area contributed by atoms with Crippen LogP contribution in [-0.2, 0) is 13.6 Å². The summed E-state index contributed by atoms with van der Waals surface area (Å²) in [6.07, 6.45) is 0. The van der Waals surface area contributed by atoms with Crippen LogP contribution in [0, 0.1) is 0 Å². The Morgan fingerprint density at radius 1 is 1.50 bits per heavy atom. The molecule has 0 aromatic rings. The van der Waals surface area contributed by atoms with Gasteiger partial charge >= 0.3 is 56.7 Å². The van der Waals surface area contributed by atoms with Crippen LogP contribution in [0.3, 0.4) is 0 Å². The van der Waals surface area contributed by atoms with Crippen molar-refractivity contribution in [3.8, 4) is 0 Å². The van der Waals surface area contributed by atoms with E-state index in [2.05, 4.69) is 9.05 Å². The number of rotatable bonds is 2. The number of hydrogen-bond acceptors (Lipinski definition) is 3. The third kappa shape index (κ3) is 5.81. The summed E-state index contributed by atoms with van der Waals surface area (Å²) in [6.45, 7) is 0. The third-order valence-corrected chi connectivity index (χ3v) is 1.38. The van der Waals surface area contributed by atoms with Crippen molar-refractivity contribution < 1.29 is 21.4 Å². The first-order valence-corrected chi connectivity index (χ1v) is 3.06. The van der Waals surface area contributed by atoms with Crippen molar-refractivity contribution in [3.63, 3.8) is 0 Å². The van der Waals surface area contributed by atoms with E-state index in [0.717, 1.165) is 14.2 Å². The molecule has 48 valence electrons. The van der Waals surface area contributed by atoms with Crippen LogP contribution in [0.1, 0.15) is 2.85 Å². The maximum atomic E-state index is 10.1. The van der Waals surface area contributed by atoms with Gasteiger partial charge in [-0.1, -0.05) is 0 Å². The van der Waals surface area contributed by atoms with Crippen molar-refractivity contribution in [1.29, 1.82) is 0 Å². The number of hydrogen-bond donors (Lipinski definition) is 1. The number of phosphoric ester groups is 1. The third-order valence-electron chi connectivity index (χ3n) is 0.461. The van der Waals surface area contributed by atoms with Gasteiger partial charge in [-0.2, -0.15) is 0 Å². The van der Waals surface area contributed by atoms with E-state index in [1.165, 1.54) is 0 Å². The van der Waals surface area contributed by atoms with Crippen LogP contribution in [0.15, 0.2) is 0 Å². The van der Waals surface area contributed by atoms with Crippen LogP contribution < -0.4 is 0 Å². The maximum Gasteiger partial charge on any atom is 2.00 e. The Labute approximate surface area is 91.2 Å². The molecule has 0 aliphatic heterocycles. The molecule has 0 aliphatic carbocycles. The SMILES string of the molecule is COP(=O)(O)OC.[Ba+2].[H-].[H-]. The van der Waals surface area contributed by atoms with Gasteiger partial charge in [-0.3, -0.25) is 9.05 Å². The van der Waals surface area contributed by atoms with E-state index in [9.17, 15) is 4.57 Å². The van der Waals surface area contributed by atoms with Gasteiger partial charge < -0.3 is 7.75 Å². The van der Waals surface area contributed by atoms with Gasteiger partial charge in [0.15, 0.2) is 0 Å². The van der Waals surface area contributed by atoms with Crippen molar-refractivity contribution >= 4 is 56.7 Å². The molecule has 4 nitrogen and oxygen atoms in total. The minimum absolute atomic E-state index is 0. The molecule has 6 heteroatoms. The zero-order valence-electron chi connectivity index (χ0n) is 6.83. The monoisotopic (exact) mass is 266 g/mol. The zero-order valence-corrected chi connectivity index (χ0v) is 10.2. The Morgan fingerprint density at radius 3 is 1.75 bits per heavy atom. The quantitative estimate of drug-likeness (QED) is 0.573. The van der Waals surface area contributed by atoms with Gasteiger partial charge in [-0.15, -0.1) is 0 Å². The predicted octanol–water partition coefficient (Wildman–Crippen LogP) is 0.224. The topological polar surface area (TPSA) is 55.8 Å². The first-order chi connectivity index (χ1) is 3.12. The Balaban J connectivity index is -0.0000000600. The molecule has 0 amide bonds. The van der Waals surface area contributed by atoms with Crippen LogP contribution in [0.25, 0.3) is 0 Å². The van der Waals surface area contributed by atoms with E-state index >= 15 is 0 Å². The fraction of sp³-hybridized carbons (Fsp3) is 1.00. The van der Waals surface area contributed by atoms with Crippen LogP contribution >= 0.6 is 7.82 Å². The van der Waals surface area contributed by atoms with Gasteiger partial charge in [0.25, 0.3) is 0 Å². The van der Waals surface area contributed by atoms with E-state index in [4.69, 9.17) is 4.89 Å². The van der Waals surface area contributed by atoms with Crippen LogP contribution in [0.4, 0.5) is 0 Å². The first-order valence-electron chi connectivity index (χ1n) is 1.56. The minimum Gasteiger partial charge on any atom is -1.00 e. The predicted molar refractivity (Wildman–Crippen MR) is 31.8 cm³/mol. The fourth-order valence-corrected chi connectivity index (χ4v) is 0.224. The summed E-state index contributed by atoms with van der Waals surface area (Å²) in [5, 5.41) is 0. The summed E-state index contributed by atoms with van der Waals surface area (Å²) in [6, 6.07) is 0. The summed E-state index contributed by atoms with van der Waals surface area (Å²) in [5.41, 5.74) is 0. The molecule has 0 bridgehead atoms. The van der Waals surface area contributed by atoms with Crippen molar-refractivity contribution in [2.24, 2.45) is 0 Å². The van der Waals surface area contributed by atoms with Gasteiger partial charge in [-0.25, -0.2) is 4.57 Å². The molecule has 0 aromatic carbocycles. The average molecular weight is 265 g/mol. The zero-order chi connectivity index (χ0) is 5.91. The van der Waals surface area contributed by atoms with Crippen molar-refractivity contribution in [2.45, 2.75) is 0 Å². The summed E-state index contributed by atoms with van der Waals surface area (Å²) in [5.74, 6) is 0. The second-order valence-electron chi connectivity index (χ2n) is 0.834. The van der Waals surface area contributed by atoms with Gasteiger partial charge in [0, 0.05) is 14.2 Å². The molecular formula is C2H9BaO4P. The molecule has 8 heavy (non-hydrogen) atoms. The molecule has 0 radical (unpaired) electrons. The molecule has 0 aromatic heterocycles. The Morgan fingerprint density at radius 2 is 1.75 bits per heavy atom. The maximum absolute atomic E-state index is 10.1. The molecule has 0 spiro atoms. The molecule has 0 aliphatic rings. The second-order valence-corrected chi connectivity index (χ2v) is 2.50. The molecular weight excluding hydrogens is 256 g/mol. The fourth-order valence-electron chi connectivity index (χ4n) is 0.0745. The van der Waals surface area contributed by atoms with E-state index in [1.807, 2.05) is 0 Å². The second kappa shape index (κ2) is 5.47. The van der Waals surface area contributed by atoms with Crippen LogP contribution in [0.5, 0.6) is 0 Å². The molecule has 0 fully saturated rings. The molecule has 0 heterocycles. The van der Waals surface area contributed by atoms with Crippen LogP contribution in [0.2, 0.25) is 0 Å². The Bertz CT molecular complexity index is 93.3. The van der Waals surface area contributed by atoms with E-state index in [-0.39, 0.29) is 51.7 Å². The standard InChI is InChI=1S/C2H7O4P.Ba.2H/c1-5-7(3,4)6-2;;;/h1-2H3,(H,3,4);;;/q;+2;2*-1. The van der Waals surface area contributed by atoms with Crippen molar-refractivity contribution in [1.82, 2.24) is 0 Å². The van der Waals surface area contributed by atoms with Gasteiger partial charge in [0.05, 0.1) is 0 Å². The molecule has 1 N–H and O–H groups in total. The molecule has 0 unspecified atom stereocenters. The largest absolute Gasteiger partial charge is 2.00 e. The molecule has 0 rings (SSSR count). The van der Waals surface area contributed by atoms with Crippen molar-refractivity contribution in [3.05, 3.63) is 0 Å². The van der Waals surface area contributed by atoms with Crippen molar-refractivity contribution in [2.75, 3.05) is 14.2 Å². The molecule has 0 saturated carbocycles. The van der Waals surface area contributed by atoms with Gasteiger partial charge in [0.2, 0.25) is 0 Å². The summed E-state index contributed by atoms with van der Waals surface area (Å²) in [7, 11) is -1.45. The molecule has 0 saturated heterocycles. The minimum atomic E-state index is -3.65. The summed E-state index contributed by atoms with van der Waals surface area (Å²) >= 11 is 0. The van der Waals surface area contributed by atoms with E-state index in [0.29, 0.717) is 0 Å². The first kappa shape index (κ1) is 12.4. The van der Waals surface area contributed by atoms with E-state index in [1.54, 1.807) is 0 Å². The van der Waals surface area contributed by atoms with Crippen LogP contribution in [-0.4, -0.2) is 68.0 Å². The average Bonchev–Trinajstić information content (AvgIpc) is 1.68. The molecule has 0 atom stereocenters. The Kier molecular flexibility index (Phi) is 8.45. The number of phosphoric acid groups is 1.